The molecule has 100 valence electrons. The van der Waals surface area contributed by atoms with Crippen LogP contribution in [0.15, 0.2) is 36.4 Å². The first kappa shape index (κ1) is 14.4. The maximum atomic E-state index is 12.8. The Kier molecular flexibility index (Phi) is 5.21. The van der Waals surface area contributed by atoms with Gasteiger partial charge in [0.15, 0.2) is 0 Å². The first-order valence-corrected chi connectivity index (χ1v) is 5.21. The summed E-state index contributed by atoms with van der Waals surface area (Å²) in [5, 5.41) is 12.5. The minimum Gasteiger partial charge on any atom is -0.478 e. The molecule has 0 saturated heterocycles. The number of amides is 3. The third-order valence-corrected chi connectivity index (χ3v) is 1.96. The van der Waals surface area contributed by atoms with Gasteiger partial charge >= 0.3 is 12.0 Å². The van der Waals surface area contributed by atoms with E-state index >= 15 is 0 Å². The molecule has 1 rings (SSSR count). The van der Waals surface area contributed by atoms with Crippen molar-refractivity contribution in [2.45, 2.75) is 6.54 Å². The van der Waals surface area contributed by atoms with Crippen LogP contribution in [-0.4, -0.2) is 23.0 Å². The maximum absolute atomic E-state index is 12.8. The van der Waals surface area contributed by atoms with Crippen LogP contribution in [0, 0.1) is 5.82 Å². The van der Waals surface area contributed by atoms with Crippen molar-refractivity contribution >= 4 is 17.9 Å². The van der Waals surface area contributed by atoms with Crippen LogP contribution in [0.2, 0.25) is 0 Å². The van der Waals surface area contributed by atoms with Crippen LogP contribution >= 0.6 is 0 Å². The van der Waals surface area contributed by atoms with Gasteiger partial charge in [-0.2, -0.15) is 0 Å². The minimum absolute atomic E-state index is 0.0412. The molecular weight excluding hydrogens is 255 g/mol. The number of hydrogen-bond acceptors (Lipinski definition) is 3. The fraction of sp³-hybridized carbons (Fsp3) is 0.0833. The lowest BCUT2D eigenvalue weighted by molar-refractivity contribution is -0.131. The lowest BCUT2D eigenvalue weighted by atomic mass is 10.2. The molecule has 19 heavy (non-hydrogen) atoms. The highest BCUT2D eigenvalue weighted by Crippen LogP contribution is 2.02. The van der Waals surface area contributed by atoms with Crippen LogP contribution in [0.25, 0.3) is 0 Å². The summed E-state index contributed by atoms with van der Waals surface area (Å²) in [6, 6.07) is 4.81. The number of imide groups is 1. The van der Waals surface area contributed by atoms with Gasteiger partial charge in [0.05, 0.1) is 0 Å². The Balaban J connectivity index is 2.40. The Labute approximate surface area is 107 Å². The molecule has 3 amide bonds. The SMILES string of the molecule is O=C(O)/C=C/C(=O)NC(=O)NCc1cccc(F)c1. The normalized spacial score (nSPS) is 10.2. The summed E-state index contributed by atoms with van der Waals surface area (Å²) < 4.78 is 12.8. The zero-order valence-corrected chi connectivity index (χ0v) is 9.72. The number of halogens is 1. The molecule has 7 heteroatoms. The van der Waals surface area contributed by atoms with Gasteiger partial charge < -0.3 is 10.4 Å². The van der Waals surface area contributed by atoms with Gasteiger partial charge in [0.2, 0.25) is 0 Å². The zero-order valence-electron chi connectivity index (χ0n) is 9.72. The lowest BCUT2D eigenvalue weighted by Crippen LogP contribution is -2.38. The number of rotatable bonds is 4. The Hall–Kier alpha value is -2.70. The van der Waals surface area contributed by atoms with E-state index in [0.717, 1.165) is 0 Å². The molecule has 0 aliphatic rings. The summed E-state index contributed by atoms with van der Waals surface area (Å²) in [7, 11) is 0. The Bertz CT molecular complexity index is 528. The summed E-state index contributed by atoms with van der Waals surface area (Å²) in [6.07, 6.45) is 1.32. The molecule has 0 atom stereocenters. The van der Waals surface area contributed by atoms with Crippen LogP contribution in [-0.2, 0) is 16.1 Å². The highest BCUT2D eigenvalue weighted by atomic mass is 19.1. The van der Waals surface area contributed by atoms with Gasteiger partial charge in [0.1, 0.15) is 5.82 Å². The molecule has 3 N–H and O–H groups in total. The van der Waals surface area contributed by atoms with Crippen molar-refractivity contribution in [2.75, 3.05) is 0 Å². The van der Waals surface area contributed by atoms with E-state index in [4.69, 9.17) is 5.11 Å². The minimum atomic E-state index is -1.30. The van der Waals surface area contributed by atoms with Crippen LogP contribution in [0.4, 0.5) is 9.18 Å². The summed E-state index contributed by atoms with van der Waals surface area (Å²) >= 11 is 0. The van der Waals surface area contributed by atoms with Crippen LogP contribution in [0.5, 0.6) is 0 Å². The van der Waals surface area contributed by atoms with E-state index in [2.05, 4.69) is 5.32 Å². The Morgan fingerprint density at radius 3 is 2.63 bits per heavy atom. The quantitative estimate of drug-likeness (QED) is 0.702. The Morgan fingerprint density at radius 2 is 2.00 bits per heavy atom. The number of benzene rings is 1. The van der Waals surface area contributed by atoms with E-state index in [1.54, 1.807) is 6.07 Å². The van der Waals surface area contributed by atoms with Crippen molar-refractivity contribution < 1.29 is 23.9 Å². The van der Waals surface area contributed by atoms with Crippen molar-refractivity contribution in [3.63, 3.8) is 0 Å². The first-order chi connectivity index (χ1) is 8.97. The molecule has 6 nitrogen and oxygen atoms in total. The van der Waals surface area contributed by atoms with E-state index in [0.29, 0.717) is 17.7 Å². The molecule has 0 saturated carbocycles. The van der Waals surface area contributed by atoms with Crippen molar-refractivity contribution in [3.05, 3.63) is 47.8 Å². The van der Waals surface area contributed by atoms with Crippen LogP contribution < -0.4 is 10.6 Å². The number of nitrogens with one attached hydrogen (secondary N) is 2. The van der Waals surface area contributed by atoms with Crippen molar-refractivity contribution in [1.82, 2.24) is 10.6 Å². The molecule has 0 bridgehead atoms. The molecule has 0 spiro atoms. The van der Waals surface area contributed by atoms with Crippen LogP contribution in [0.3, 0.4) is 0 Å². The number of hydrogen-bond donors (Lipinski definition) is 3. The third-order valence-electron chi connectivity index (χ3n) is 1.96. The summed E-state index contributed by atoms with van der Waals surface area (Å²) in [4.78, 5) is 32.4. The molecular formula is C12H11FN2O4. The second kappa shape index (κ2) is 6.90. The van der Waals surface area contributed by atoms with Gasteiger partial charge in [-0.3, -0.25) is 10.1 Å². The van der Waals surface area contributed by atoms with E-state index in [1.165, 1.54) is 18.2 Å². The van der Waals surface area contributed by atoms with Crippen molar-refractivity contribution in [1.29, 1.82) is 0 Å². The molecule has 0 unspecified atom stereocenters. The monoisotopic (exact) mass is 266 g/mol. The van der Waals surface area contributed by atoms with E-state index < -0.39 is 23.7 Å². The average molecular weight is 266 g/mol. The van der Waals surface area contributed by atoms with Gasteiger partial charge in [0, 0.05) is 18.7 Å². The molecule has 1 aromatic carbocycles. The van der Waals surface area contributed by atoms with Gasteiger partial charge in [-0.25, -0.2) is 14.0 Å². The van der Waals surface area contributed by atoms with E-state index in [-0.39, 0.29) is 6.54 Å². The molecule has 0 aromatic heterocycles. The molecule has 0 heterocycles. The highest BCUT2D eigenvalue weighted by Gasteiger charge is 2.05. The number of carboxylic acid groups (broad SMARTS) is 1. The summed E-state index contributed by atoms with van der Waals surface area (Å²) in [6.45, 7) is 0.0412. The fourth-order valence-corrected chi connectivity index (χ4v) is 1.17. The van der Waals surface area contributed by atoms with Gasteiger partial charge in [-0.05, 0) is 17.7 Å². The molecule has 0 radical (unpaired) electrons. The van der Waals surface area contributed by atoms with Crippen molar-refractivity contribution in [3.8, 4) is 0 Å². The number of carboxylic acids is 1. The molecule has 0 aliphatic carbocycles. The third kappa shape index (κ3) is 5.97. The highest BCUT2D eigenvalue weighted by molar-refractivity contribution is 6.02. The first-order valence-electron chi connectivity index (χ1n) is 5.21. The maximum Gasteiger partial charge on any atom is 0.328 e. The standard InChI is InChI=1S/C12H11FN2O4/c13-9-3-1-2-8(6-9)7-14-12(19)15-10(16)4-5-11(17)18/h1-6H,7H2,(H,17,18)(H2,14,15,16,19)/b5-4+. The zero-order chi connectivity index (χ0) is 14.3. The average Bonchev–Trinajstić information content (AvgIpc) is 2.34. The van der Waals surface area contributed by atoms with Crippen LogP contribution in [0.1, 0.15) is 5.56 Å². The second-order valence-electron chi connectivity index (χ2n) is 3.47. The predicted octanol–water partition coefficient (Wildman–Crippen LogP) is 0.792. The molecule has 0 aliphatic heterocycles. The van der Waals surface area contributed by atoms with Gasteiger partial charge in [-0.15, -0.1) is 0 Å². The van der Waals surface area contributed by atoms with Gasteiger partial charge in [-0.1, -0.05) is 12.1 Å². The number of urea groups is 1. The van der Waals surface area contributed by atoms with Gasteiger partial charge in [0.25, 0.3) is 5.91 Å². The topological polar surface area (TPSA) is 95.5 Å². The number of aliphatic carboxylic acids is 1. The molecule has 1 aromatic rings. The number of carbonyl (C=O) groups is 3. The largest absolute Gasteiger partial charge is 0.478 e. The summed E-state index contributed by atoms with van der Waals surface area (Å²) in [5.41, 5.74) is 0.531. The van der Waals surface area contributed by atoms with Crippen molar-refractivity contribution in [2.24, 2.45) is 0 Å². The molecule has 0 fully saturated rings. The van der Waals surface area contributed by atoms with E-state index in [1.807, 2.05) is 5.32 Å². The van der Waals surface area contributed by atoms with E-state index in [9.17, 15) is 18.8 Å². The second-order valence-corrected chi connectivity index (χ2v) is 3.47. The summed E-state index contributed by atoms with van der Waals surface area (Å²) in [5.74, 6) is -2.59. The predicted molar refractivity (Wildman–Crippen MR) is 63.6 cm³/mol. The smallest absolute Gasteiger partial charge is 0.328 e. The lowest BCUT2D eigenvalue weighted by Gasteiger charge is -2.05. The fourth-order valence-electron chi connectivity index (χ4n) is 1.17. The number of carbonyl (C=O) groups excluding carboxylic acids is 2. The Morgan fingerprint density at radius 1 is 1.26 bits per heavy atom.